The molecule has 2 unspecified atom stereocenters. The minimum atomic E-state index is 0.00481. The lowest BCUT2D eigenvalue weighted by Crippen LogP contribution is -2.40. The number of aryl methyl sites for hydroxylation is 1. The predicted molar refractivity (Wildman–Crippen MR) is 103 cm³/mol. The van der Waals surface area contributed by atoms with Crippen molar-refractivity contribution in [2.24, 2.45) is 11.8 Å². The van der Waals surface area contributed by atoms with Gasteiger partial charge in [0.2, 0.25) is 0 Å². The van der Waals surface area contributed by atoms with Gasteiger partial charge in [-0.15, -0.1) is 0 Å². The molecule has 2 fully saturated rings. The van der Waals surface area contributed by atoms with Crippen LogP contribution in [0.1, 0.15) is 88.2 Å². The number of hydrogen-bond acceptors (Lipinski definition) is 2. The first-order valence-corrected chi connectivity index (χ1v) is 10.4. The zero-order valence-corrected chi connectivity index (χ0v) is 16.0. The standard InChI is InChI=1S/C23H34O2/c1-3-5-19(20-12-8-17(2)9-13-20)7-4-6-18-10-14-21(15-11-18)22-16-23(24)25-22/h8-9,12-13,18-19,21-22H,3-7,10-11,14-16H2,1-2H3. The quantitative estimate of drug-likeness (QED) is 0.528. The molecule has 3 rings (SSSR count). The third kappa shape index (κ3) is 5.09. The first-order valence-electron chi connectivity index (χ1n) is 10.4. The van der Waals surface area contributed by atoms with Crippen LogP contribution >= 0.6 is 0 Å². The zero-order valence-electron chi connectivity index (χ0n) is 16.0. The van der Waals surface area contributed by atoms with Crippen LogP contribution in [0.3, 0.4) is 0 Å². The summed E-state index contributed by atoms with van der Waals surface area (Å²) < 4.78 is 5.27. The van der Waals surface area contributed by atoms with Crippen molar-refractivity contribution in [3.8, 4) is 0 Å². The maximum atomic E-state index is 11.0. The van der Waals surface area contributed by atoms with Gasteiger partial charge in [-0.3, -0.25) is 4.79 Å². The summed E-state index contributed by atoms with van der Waals surface area (Å²) in [5.74, 6) is 2.28. The van der Waals surface area contributed by atoms with Crippen molar-refractivity contribution in [1.29, 1.82) is 0 Å². The normalized spacial score (nSPS) is 27.4. The van der Waals surface area contributed by atoms with E-state index in [1.165, 1.54) is 68.9 Å². The van der Waals surface area contributed by atoms with Crippen LogP contribution in [0, 0.1) is 18.8 Å². The molecule has 2 heteroatoms. The minimum Gasteiger partial charge on any atom is -0.461 e. The Morgan fingerprint density at radius 3 is 2.36 bits per heavy atom. The maximum absolute atomic E-state index is 11.0. The predicted octanol–water partition coefficient (Wildman–Crippen LogP) is 6.17. The second-order valence-electron chi connectivity index (χ2n) is 8.34. The van der Waals surface area contributed by atoms with E-state index < -0.39 is 0 Å². The van der Waals surface area contributed by atoms with Crippen LogP contribution in [0.25, 0.3) is 0 Å². The fourth-order valence-corrected chi connectivity index (χ4v) is 4.75. The van der Waals surface area contributed by atoms with Gasteiger partial charge in [0.25, 0.3) is 0 Å². The van der Waals surface area contributed by atoms with Gasteiger partial charge in [0, 0.05) is 0 Å². The van der Waals surface area contributed by atoms with E-state index in [1.807, 2.05) is 0 Å². The van der Waals surface area contributed by atoms with E-state index in [4.69, 9.17) is 4.74 Å². The summed E-state index contributed by atoms with van der Waals surface area (Å²) in [4.78, 5) is 11.0. The summed E-state index contributed by atoms with van der Waals surface area (Å²) in [7, 11) is 0. The van der Waals surface area contributed by atoms with Crippen molar-refractivity contribution in [2.75, 3.05) is 0 Å². The lowest BCUT2D eigenvalue weighted by molar-refractivity contribution is -0.176. The number of esters is 1. The van der Waals surface area contributed by atoms with Gasteiger partial charge in [-0.2, -0.15) is 0 Å². The minimum absolute atomic E-state index is 0.00481. The Morgan fingerprint density at radius 1 is 1.08 bits per heavy atom. The molecule has 1 aliphatic carbocycles. The summed E-state index contributed by atoms with van der Waals surface area (Å²) >= 11 is 0. The first-order chi connectivity index (χ1) is 12.2. The molecule has 0 N–H and O–H groups in total. The third-order valence-corrected chi connectivity index (χ3v) is 6.42. The van der Waals surface area contributed by atoms with Crippen molar-refractivity contribution < 1.29 is 9.53 Å². The lowest BCUT2D eigenvalue weighted by Gasteiger charge is -2.37. The van der Waals surface area contributed by atoms with Crippen LogP contribution in [0.2, 0.25) is 0 Å². The summed E-state index contributed by atoms with van der Waals surface area (Å²) in [6, 6.07) is 9.18. The molecular formula is C23H34O2. The molecule has 0 bridgehead atoms. The van der Waals surface area contributed by atoms with Gasteiger partial charge in [-0.1, -0.05) is 68.9 Å². The van der Waals surface area contributed by atoms with Crippen LogP contribution < -0.4 is 0 Å². The van der Waals surface area contributed by atoms with Gasteiger partial charge in [-0.05, 0) is 55.9 Å². The van der Waals surface area contributed by atoms with Gasteiger partial charge in [-0.25, -0.2) is 0 Å². The highest BCUT2D eigenvalue weighted by Gasteiger charge is 2.37. The van der Waals surface area contributed by atoms with Crippen LogP contribution in [0.4, 0.5) is 0 Å². The Hall–Kier alpha value is -1.31. The van der Waals surface area contributed by atoms with Crippen molar-refractivity contribution in [1.82, 2.24) is 0 Å². The number of hydrogen-bond donors (Lipinski definition) is 0. The second kappa shape index (κ2) is 8.87. The first kappa shape index (κ1) is 18.5. The monoisotopic (exact) mass is 342 g/mol. The van der Waals surface area contributed by atoms with Crippen LogP contribution in [0.5, 0.6) is 0 Å². The maximum Gasteiger partial charge on any atom is 0.309 e. The summed E-state index contributed by atoms with van der Waals surface area (Å²) in [6.45, 7) is 4.47. The number of rotatable bonds is 8. The molecule has 0 spiro atoms. The molecular weight excluding hydrogens is 308 g/mol. The van der Waals surface area contributed by atoms with Gasteiger partial charge < -0.3 is 4.74 Å². The molecule has 0 radical (unpaired) electrons. The molecule has 1 heterocycles. The molecule has 1 aromatic carbocycles. The molecule has 0 amide bonds. The fourth-order valence-electron chi connectivity index (χ4n) is 4.75. The van der Waals surface area contributed by atoms with Crippen molar-refractivity contribution in [3.63, 3.8) is 0 Å². The molecule has 1 aliphatic heterocycles. The number of benzene rings is 1. The molecule has 1 saturated carbocycles. The molecule has 138 valence electrons. The zero-order chi connectivity index (χ0) is 17.6. The van der Waals surface area contributed by atoms with Crippen LogP contribution in [-0.4, -0.2) is 12.1 Å². The van der Waals surface area contributed by atoms with Crippen molar-refractivity contribution >= 4 is 5.97 Å². The second-order valence-corrected chi connectivity index (χ2v) is 8.34. The van der Waals surface area contributed by atoms with E-state index in [2.05, 4.69) is 38.1 Å². The van der Waals surface area contributed by atoms with Gasteiger partial charge in [0.1, 0.15) is 6.10 Å². The molecule has 0 aromatic heterocycles. The number of carbonyl (C=O) groups is 1. The van der Waals surface area contributed by atoms with E-state index >= 15 is 0 Å². The molecule has 25 heavy (non-hydrogen) atoms. The fraction of sp³-hybridized carbons (Fsp3) is 0.696. The van der Waals surface area contributed by atoms with E-state index in [0.29, 0.717) is 12.3 Å². The summed E-state index contributed by atoms with van der Waals surface area (Å²) in [5.41, 5.74) is 2.89. The third-order valence-electron chi connectivity index (χ3n) is 6.42. The highest BCUT2D eigenvalue weighted by atomic mass is 16.6. The van der Waals surface area contributed by atoms with E-state index in [1.54, 1.807) is 0 Å². The average Bonchev–Trinajstić information content (AvgIpc) is 2.60. The number of carbonyl (C=O) groups excluding carboxylic acids is 1. The lowest BCUT2D eigenvalue weighted by atomic mass is 9.75. The molecule has 1 saturated heterocycles. The summed E-state index contributed by atoms with van der Waals surface area (Å²) in [5, 5.41) is 0. The van der Waals surface area contributed by atoms with Crippen molar-refractivity contribution in [2.45, 2.75) is 90.1 Å². The van der Waals surface area contributed by atoms with E-state index in [-0.39, 0.29) is 12.1 Å². The smallest absolute Gasteiger partial charge is 0.309 e. The molecule has 2 nitrogen and oxygen atoms in total. The van der Waals surface area contributed by atoms with Crippen LogP contribution in [0.15, 0.2) is 24.3 Å². The van der Waals surface area contributed by atoms with Gasteiger partial charge in [0.15, 0.2) is 0 Å². The highest BCUT2D eigenvalue weighted by molar-refractivity contribution is 5.75. The average molecular weight is 343 g/mol. The van der Waals surface area contributed by atoms with Crippen molar-refractivity contribution in [3.05, 3.63) is 35.4 Å². The molecule has 2 aliphatic rings. The Kier molecular flexibility index (Phi) is 6.56. The largest absolute Gasteiger partial charge is 0.461 e. The summed E-state index contributed by atoms with van der Waals surface area (Å²) in [6.07, 6.45) is 12.8. The molecule has 2 atom stereocenters. The number of cyclic esters (lactones) is 1. The Balaban J connectivity index is 1.39. The highest BCUT2D eigenvalue weighted by Crippen LogP contribution is 2.38. The van der Waals surface area contributed by atoms with Gasteiger partial charge in [0.05, 0.1) is 6.42 Å². The number of ether oxygens (including phenoxy) is 1. The van der Waals surface area contributed by atoms with Crippen LogP contribution in [-0.2, 0) is 9.53 Å². The van der Waals surface area contributed by atoms with Gasteiger partial charge >= 0.3 is 5.97 Å². The Morgan fingerprint density at radius 2 is 1.76 bits per heavy atom. The molecule has 1 aromatic rings. The topological polar surface area (TPSA) is 26.3 Å². The SMILES string of the molecule is CCCC(CCCC1CCC(C2CC(=O)O2)CC1)c1ccc(C)cc1. The van der Waals surface area contributed by atoms with E-state index in [0.717, 1.165) is 11.8 Å². The Bertz CT molecular complexity index is 532. The van der Waals surface area contributed by atoms with E-state index in [9.17, 15) is 4.79 Å². The Labute approximate surface area is 153 Å².